The minimum absolute atomic E-state index is 0.280. The fourth-order valence-corrected chi connectivity index (χ4v) is 3.35. The molecule has 0 radical (unpaired) electrons. The molecule has 0 aliphatic heterocycles. The van der Waals surface area contributed by atoms with Gasteiger partial charge in [0.05, 0.1) is 28.1 Å². The molecule has 0 aliphatic carbocycles. The van der Waals surface area contributed by atoms with Crippen LogP contribution < -0.4 is 5.32 Å². The largest absolute Gasteiger partial charge is 0.309 e. The Morgan fingerprint density at radius 1 is 1.35 bits per heavy atom. The van der Waals surface area contributed by atoms with Crippen LogP contribution in [0.15, 0.2) is 6.07 Å². The normalized spacial score (nSPS) is 12.8. The third kappa shape index (κ3) is 3.27. The van der Waals surface area contributed by atoms with E-state index in [1.54, 1.807) is 11.3 Å². The van der Waals surface area contributed by atoms with Crippen molar-refractivity contribution in [3.63, 3.8) is 0 Å². The first-order chi connectivity index (χ1) is 9.55. The van der Waals surface area contributed by atoms with Gasteiger partial charge in [0, 0.05) is 18.3 Å². The molecule has 110 valence electrons. The number of aromatic nitrogens is 3. The van der Waals surface area contributed by atoms with Crippen molar-refractivity contribution in [3.8, 4) is 0 Å². The summed E-state index contributed by atoms with van der Waals surface area (Å²) in [6.45, 7) is 9.44. The summed E-state index contributed by atoms with van der Waals surface area (Å²) in [5, 5.41) is 9.32. The molecule has 0 spiro atoms. The highest BCUT2D eigenvalue weighted by molar-refractivity contribution is 7.11. The molecule has 2 aromatic heterocycles. The molecule has 0 amide bonds. The number of hydrogen-bond acceptors (Lipinski definition) is 4. The Labute approximate surface area is 125 Å². The molecule has 0 saturated carbocycles. The van der Waals surface area contributed by atoms with Gasteiger partial charge in [-0.15, -0.1) is 11.3 Å². The van der Waals surface area contributed by atoms with E-state index in [4.69, 9.17) is 0 Å². The molecule has 0 fully saturated rings. The molecule has 1 N–H and O–H groups in total. The van der Waals surface area contributed by atoms with E-state index >= 15 is 0 Å². The summed E-state index contributed by atoms with van der Waals surface area (Å²) in [6.07, 6.45) is 1.90. The van der Waals surface area contributed by atoms with E-state index in [1.165, 1.54) is 15.6 Å². The number of aryl methyl sites for hydroxylation is 4. The van der Waals surface area contributed by atoms with Crippen molar-refractivity contribution < 1.29 is 0 Å². The summed E-state index contributed by atoms with van der Waals surface area (Å²) in [5.74, 6) is 0. The maximum Gasteiger partial charge on any atom is 0.0950 e. The van der Waals surface area contributed by atoms with Gasteiger partial charge in [0.1, 0.15) is 0 Å². The van der Waals surface area contributed by atoms with Crippen LogP contribution >= 0.6 is 11.3 Å². The van der Waals surface area contributed by atoms with Gasteiger partial charge in [-0.25, -0.2) is 4.98 Å². The Morgan fingerprint density at radius 2 is 2.10 bits per heavy atom. The molecule has 4 nitrogen and oxygen atoms in total. The molecular formula is C15H24N4S. The summed E-state index contributed by atoms with van der Waals surface area (Å²) in [6, 6.07) is 2.49. The fraction of sp³-hybridized carbons (Fsp3) is 0.600. The van der Waals surface area contributed by atoms with E-state index < -0.39 is 0 Å². The molecule has 0 saturated heterocycles. The Bertz CT molecular complexity index is 551. The van der Waals surface area contributed by atoms with E-state index in [9.17, 15) is 0 Å². The van der Waals surface area contributed by atoms with Gasteiger partial charge in [0.25, 0.3) is 0 Å². The van der Waals surface area contributed by atoms with Gasteiger partial charge in [-0.2, -0.15) is 5.10 Å². The zero-order valence-electron chi connectivity index (χ0n) is 13.0. The van der Waals surface area contributed by atoms with Crippen molar-refractivity contribution in [2.75, 3.05) is 6.54 Å². The van der Waals surface area contributed by atoms with Crippen molar-refractivity contribution in [1.29, 1.82) is 0 Å². The van der Waals surface area contributed by atoms with Crippen LogP contribution in [0.1, 0.15) is 46.9 Å². The molecule has 2 rings (SSSR count). The molecule has 0 bridgehead atoms. The van der Waals surface area contributed by atoms with E-state index in [-0.39, 0.29) is 6.04 Å². The maximum atomic E-state index is 4.66. The predicted octanol–water partition coefficient (Wildman–Crippen LogP) is 2.95. The lowest BCUT2D eigenvalue weighted by Crippen LogP contribution is -2.25. The van der Waals surface area contributed by atoms with E-state index in [0.717, 1.165) is 30.8 Å². The van der Waals surface area contributed by atoms with Crippen molar-refractivity contribution in [3.05, 3.63) is 33.0 Å². The second kappa shape index (κ2) is 6.50. The predicted molar refractivity (Wildman–Crippen MR) is 84.3 cm³/mol. The van der Waals surface area contributed by atoms with Crippen LogP contribution in [0, 0.1) is 13.8 Å². The highest BCUT2D eigenvalue weighted by atomic mass is 32.1. The monoisotopic (exact) mass is 292 g/mol. The lowest BCUT2D eigenvalue weighted by Gasteiger charge is -2.16. The molecule has 1 unspecified atom stereocenters. The van der Waals surface area contributed by atoms with E-state index in [2.05, 4.69) is 49.2 Å². The third-order valence-electron chi connectivity index (χ3n) is 3.59. The molecule has 2 heterocycles. The van der Waals surface area contributed by atoms with Crippen molar-refractivity contribution in [2.45, 2.75) is 46.6 Å². The van der Waals surface area contributed by atoms with Gasteiger partial charge < -0.3 is 5.32 Å². The first kappa shape index (κ1) is 15.2. The number of nitrogens with zero attached hydrogens (tertiary/aromatic N) is 3. The first-order valence-electron chi connectivity index (χ1n) is 7.24. The van der Waals surface area contributed by atoms with Gasteiger partial charge in [0.2, 0.25) is 0 Å². The van der Waals surface area contributed by atoms with Crippen LogP contribution in [0.5, 0.6) is 0 Å². The molecule has 20 heavy (non-hydrogen) atoms. The highest BCUT2D eigenvalue weighted by Gasteiger charge is 2.18. The third-order valence-corrected chi connectivity index (χ3v) is 4.68. The molecule has 1 atom stereocenters. The number of nitrogens with one attached hydrogen (secondary N) is 1. The minimum Gasteiger partial charge on any atom is -0.309 e. The van der Waals surface area contributed by atoms with Gasteiger partial charge in [-0.3, -0.25) is 4.68 Å². The second-order valence-corrected chi connectivity index (χ2v) is 6.39. The number of thiazole rings is 1. The topological polar surface area (TPSA) is 42.7 Å². The lowest BCUT2D eigenvalue weighted by atomic mass is 10.1. The molecule has 0 aliphatic rings. The zero-order valence-corrected chi connectivity index (χ0v) is 13.8. The second-order valence-electron chi connectivity index (χ2n) is 5.10. The molecule has 0 aromatic carbocycles. The van der Waals surface area contributed by atoms with Crippen LogP contribution in [0.4, 0.5) is 0 Å². The number of rotatable bonds is 6. The standard InChI is InChI=1S/C15H24N4S/c1-6-12-8-14(19(5)18-12)13(16-7-2)9-15-17-10(3)11(4)20-15/h8,13,16H,6-7,9H2,1-5H3. The maximum absolute atomic E-state index is 4.66. The molecule has 2 aromatic rings. The minimum atomic E-state index is 0.280. The fourth-order valence-electron chi connectivity index (χ4n) is 2.37. The Morgan fingerprint density at radius 3 is 2.60 bits per heavy atom. The summed E-state index contributed by atoms with van der Waals surface area (Å²) in [7, 11) is 2.02. The van der Waals surface area contributed by atoms with Crippen LogP contribution in [-0.4, -0.2) is 21.3 Å². The molecule has 5 heteroatoms. The quantitative estimate of drug-likeness (QED) is 0.890. The average Bonchev–Trinajstić information content (AvgIpc) is 2.92. The van der Waals surface area contributed by atoms with Gasteiger partial charge >= 0.3 is 0 Å². The first-order valence-corrected chi connectivity index (χ1v) is 8.05. The van der Waals surface area contributed by atoms with Crippen LogP contribution in [0.25, 0.3) is 0 Å². The van der Waals surface area contributed by atoms with Crippen molar-refractivity contribution in [1.82, 2.24) is 20.1 Å². The van der Waals surface area contributed by atoms with E-state index in [0.29, 0.717) is 0 Å². The van der Waals surface area contributed by atoms with Gasteiger partial charge in [-0.1, -0.05) is 13.8 Å². The summed E-state index contributed by atoms with van der Waals surface area (Å²) >= 11 is 1.80. The number of likely N-dealkylation sites (N-methyl/N-ethyl adjacent to an activating group) is 1. The van der Waals surface area contributed by atoms with Gasteiger partial charge in [0.15, 0.2) is 0 Å². The average molecular weight is 292 g/mol. The lowest BCUT2D eigenvalue weighted by molar-refractivity contribution is 0.506. The summed E-state index contributed by atoms with van der Waals surface area (Å²) in [5.41, 5.74) is 3.55. The highest BCUT2D eigenvalue weighted by Crippen LogP contribution is 2.24. The Balaban J connectivity index is 2.23. The smallest absolute Gasteiger partial charge is 0.0950 e. The zero-order chi connectivity index (χ0) is 14.7. The van der Waals surface area contributed by atoms with E-state index in [1.807, 2.05) is 11.7 Å². The summed E-state index contributed by atoms with van der Waals surface area (Å²) < 4.78 is 2.00. The molecular weight excluding hydrogens is 268 g/mol. The SMILES string of the molecule is CCNC(Cc1nc(C)c(C)s1)c1cc(CC)nn1C. The van der Waals surface area contributed by atoms with Crippen LogP contribution in [0.2, 0.25) is 0 Å². The van der Waals surface area contributed by atoms with Crippen molar-refractivity contribution >= 4 is 11.3 Å². The summed E-state index contributed by atoms with van der Waals surface area (Å²) in [4.78, 5) is 5.98. The van der Waals surface area contributed by atoms with Crippen LogP contribution in [0.3, 0.4) is 0 Å². The Kier molecular flexibility index (Phi) is 4.94. The number of hydrogen-bond donors (Lipinski definition) is 1. The van der Waals surface area contributed by atoms with Crippen LogP contribution in [-0.2, 0) is 19.9 Å². The van der Waals surface area contributed by atoms with Crippen molar-refractivity contribution in [2.24, 2.45) is 7.05 Å². The Hall–Kier alpha value is -1.20. The van der Waals surface area contributed by atoms with Gasteiger partial charge in [-0.05, 0) is 32.9 Å².